The molecule has 2 rings (SSSR count). The van der Waals surface area contributed by atoms with Crippen LogP contribution in [0.15, 0.2) is 29.3 Å². The van der Waals surface area contributed by atoms with Gasteiger partial charge < -0.3 is 25.6 Å². The van der Waals surface area contributed by atoms with Crippen LogP contribution in [-0.2, 0) is 11.3 Å². The number of nitrogens with two attached hydrogens (primary N) is 1. The van der Waals surface area contributed by atoms with Crippen LogP contribution >= 0.6 is 24.0 Å². The van der Waals surface area contributed by atoms with E-state index in [4.69, 9.17) is 10.5 Å². The molecule has 9 heteroatoms. The SMILES string of the molecule is CCC(C)NC(=O)c1cccc(CN=C(N)N2CCN(C(=O)OC(C)(C)C)CC2)c1.I. The summed E-state index contributed by atoms with van der Waals surface area (Å²) < 4.78 is 5.41. The minimum atomic E-state index is -0.505. The molecule has 0 aliphatic carbocycles. The van der Waals surface area contributed by atoms with Gasteiger partial charge in [0.25, 0.3) is 5.91 Å². The van der Waals surface area contributed by atoms with Gasteiger partial charge in [-0.15, -0.1) is 24.0 Å². The maximum Gasteiger partial charge on any atom is 0.410 e. The number of hydrogen-bond acceptors (Lipinski definition) is 4. The summed E-state index contributed by atoms with van der Waals surface area (Å²) in [7, 11) is 0. The van der Waals surface area contributed by atoms with Gasteiger partial charge >= 0.3 is 6.09 Å². The molecule has 0 bridgehead atoms. The molecule has 1 aliphatic heterocycles. The van der Waals surface area contributed by atoms with Gasteiger partial charge in [0.1, 0.15) is 5.60 Å². The normalized spacial score (nSPS) is 15.7. The predicted molar refractivity (Wildman–Crippen MR) is 134 cm³/mol. The third-order valence-electron chi connectivity index (χ3n) is 4.86. The highest BCUT2D eigenvalue weighted by Crippen LogP contribution is 2.12. The molecule has 1 aromatic carbocycles. The first-order valence-electron chi connectivity index (χ1n) is 10.5. The highest BCUT2D eigenvalue weighted by atomic mass is 127. The highest BCUT2D eigenvalue weighted by Gasteiger charge is 2.26. The Labute approximate surface area is 202 Å². The van der Waals surface area contributed by atoms with Crippen molar-refractivity contribution in [2.75, 3.05) is 26.2 Å². The summed E-state index contributed by atoms with van der Waals surface area (Å²) >= 11 is 0. The Morgan fingerprint density at radius 1 is 1.19 bits per heavy atom. The molecule has 0 aromatic heterocycles. The Bertz CT molecular complexity index is 771. The number of aliphatic imine (C=N–C) groups is 1. The second-order valence-corrected chi connectivity index (χ2v) is 8.61. The van der Waals surface area contributed by atoms with Crippen LogP contribution in [-0.4, -0.2) is 65.6 Å². The first-order valence-corrected chi connectivity index (χ1v) is 10.5. The fourth-order valence-electron chi connectivity index (χ4n) is 2.94. The topological polar surface area (TPSA) is 100 Å². The maximum absolute atomic E-state index is 12.3. The minimum absolute atomic E-state index is 0. The maximum atomic E-state index is 12.3. The number of halogens is 1. The molecule has 31 heavy (non-hydrogen) atoms. The molecule has 1 saturated heterocycles. The lowest BCUT2D eigenvalue weighted by Gasteiger charge is -2.36. The Balaban J connectivity index is 0.00000480. The molecular formula is C22H36IN5O3. The van der Waals surface area contributed by atoms with E-state index in [1.165, 1.54) is 0 Å². The summed E-state index contributed by atoms with van der Waals surface area (Å²) in [5.74, 6) is 0.356. The van der Waals surface area contributed by atoms with Crippen LogP contribution in [0.1, 0.15) is 57.0 Å². The van der Waals surface area contributed by atoms with Gasteiger partial charge in [-0.1, -0.05) is 19.1 Å². The van der Waals surface area contributed by atoms with Gasteiger partial charge in [-0.2, -0.15) is 0 Å². The first kappa shape index (κ1) is 27.0. The molecule has 1 atom stereocenters. The van der Waals surface area contributed by atoms with Gasteiger partial charge in [0.2, 0.25) is 0 Å². The van der Waals surface area contributed by atoms with Crippen molar-refractivity contribution in [2.24, 2.45) is 10.7 Å². The van der Waals surface area contributed by atoms with Gasteiger partial charge in [-0.25, -0.2) is 9.79 Å². The van der Waals surface area contributed by atoms with Crippen molar-refractivity contribution in [3.05, 3.63) is 35.4 Å². The summed E-state index contributed by atoms with van der Waals surface area (Å²) in [4.78, 5) is 32.6. The second-order valence-electron chi connectivity index (χ2n) is 8.61. The Morgan fingerprint density at radius 2 is 1.81 bits per heavy atom. The number of hydrogen-bond donors (Lipinski definition) is 2. The largest absolute Gasteiger partial charge is 0.444 e. The van der Waals surface area contributed by atoms with Crippen molar-refractivity contribution in [1.29, 1.82) is 0 Å². The number of carbonyl (C=O) groups is 2. The zero-order valence-electron chi connectivity index (χ0n) is 19.2. The Morgan fingerprint density at radius 3 is 2.39 bits per heavy atom. The second kappa shape index (κ2) is 12.1. The van der Waals surface area contributed by atoms with Crippen LogP contribution in [0.4, 0.5) is 4.79 Å². The standard InChI is InChI=1S/C22H35N5O3.HI/c1-6-16(2)25-19(28)18-9-7-8-17(14-18)15-24-20(23)26-10-12-27(13-11-26)21(29)30-22(3,4)5;/h7-9,14,16H,6,10-13,15H2,1-5H3,(H2,23,24)(H,25,28);1H. The lowest BCUT2D eigenvalue weighted by atomic mass is 10.1. The van der Waals surface area contributed by atoms with E-state index in [0.29, 0.717) is 44.2 Å². The molecule has 0 spiro atoms. The minimum Gasteiger partial charge on any atom is -0.444 e. The summed E-state index contributed by atoms with van der Waals surface area (Å²) in [5, 5.41) is 2.97. The van der Waals surface area contributed by atoms with E-state index in [0.717, 1.165) is 12.0 Å². The van der Waals surface area contributed by atoms with E-state index in [1.807, 2.05) is 57.7 Å². The van der Waals surface area contributed by atoms with Crippen LogP contribution in [0.3, 0.4) is 0 Å². The number of nitrogens with one attached hydrogen (secondary N) is 1. The number of guanidine groups is 1. The van der Waals surface area contributed by atoms with E-state index >= 15 is 0 Å². The zero-order chi connectivity index (χ0) is 22.3. The van der Waals surface area contributed by atoms with Crippen LogP contribution in [0.2, 0.25) is 0 Å². The molecule has 1 aliphatic rings. The molecule has 1 unspecified atom stereocenters. The van der Waals surface area contributed by atoms with Gasteiger partial charge in [0.15, 0.2) is 5.96 Å². The Hall–Kier alpha value is -2.04. The number of carbonyl (C=O) groups excluding carboxylic acids is 2. The van der Waals surface area contributed by atoms with Gasteiger partial charge in [-0.05, 0) is 51.8 Å². The summed E-state index contributed by atoms with van der Waals surface area (Å²) in [5.41, 5.74) is 7.19. The zero-order valence-corrected chi connectivity index (χ0v) is 21.5. The smallest absolute Gasteiger partial charge is 0.410 e. The summed E-state index contributed by atoms with van der Waals surface area (Å²) in [6.07, 6.45) is 0.582. The number of amides is 2. The van der Waals surface area contributed by atoms with E-state index in [1.54, 1.807) is 11.0 Å². The van der Waals surface area contributed by atoms with Crippen LogP contribution < -0.4 is 11.1 Å². The quantitative estimate of drug-likeness (QED) is 0.337. The molecular weight excluding hydrogens is 509 g/mol. The van der Waals surface area contributed by atoms with E-state index in [-0.39, 0.29) is 42.0 Å². The van der Waals surface area contributed by atoms with Crippen LogP contribution in [0.25, 0.3) is 0 Å². The number of benzene rings is 1. The summed E-state index contributed by atoms with van der Waals surface area (Å²) in [6.45, 7) is 12.3. The number of rotatable bonds is 5. The van der Waals surface area contributed by atoms with E-state index < -0.39 is 5.60 Å². The number of ether oxygens (including phenoxy) is 1. The molecule has 174 valence electrons. The van der Waals surface area contributed by atoms with Gasteiger partial charge in [0, 0.05) is 37.8 Å². The van der Waals surface area contributed by atoms with E-state index in [9.17, 15) is 9.59 Å². The average molecular weight is 545 g/mol. The highest BCUT2D eigenvalue weighted by molar-refractivity contribution is 14.0. The van der Waals surface area contributed by atoms with Crippen molar-refractivity contribution in [3.8, 4) is 0 Å². The molecule has 3 N–H and O–H groups in total. The van der Waals surface area contributed by atoms with Crippen molar-refractivity contribution >= 4 is 41.9 Å². The van der Waals surface area contributed by atoms with Crippen LogP contribution in [0.5, 0.6) is 0 Å². The van der Waals surface area contributed by atoms with Crippen molar-refractivity contribution < 1.29 is 14.3 Å². The number of piperazine rings is 1. The average Bonchev–Trinajstić information content (AvgIpc) is 2.71. The number of nitrogens with zero attached hydrogens (tertiary/aromatic N) is 3. The van der Waals surface area contributed by atoms with Gasteiger partial charge in [0.05, 0.1) is 6.54 Å². The molecule has 0 saturated carbocycles. The third-order valence-corrected chi connectivity index (χ3v) is 4.86. The fraction of sp³-hybridized carbons (Fsp3) is 0.591. The predicted octanol–water partition coefficient (Wildman–Crippen LogP) is 3.20. The van der Waals surface area contributed by atoms with Crippen molar-refractivity contribution in [1.82, 2.24) is 15.1 Å². The Kier molecular flexibility index (Phi) is 10.5. The lowest BCUT2D eigenvalue weighted by molar-refractivity contribution is 0.0186. The molecule has 0 radical (unpaired) electrons. The fourth-order valence-corrected chi connectivity index (χ4v) is 2.94. The molecule has 8 nitrogen and oxygen atoms in total. The van der Waals surface area contributed by atoms with E-state index in [2.05, 4.69) is 10.3 Å². The first-order chi connectivity index (χ1) is 14.1. The molecule has 1 fully saturated rings. The monoisotopic (exact) mass is 545 g/mol. The van der Waals surface area contributed by atoms with Crippen molar-refractivity contribution in [3.63, 3.8) is 0 Å². The molecule has 1 heterocycles. The van der Waals surface area contributed by atoms with Crippen LogP contribution in [0, 0.1) is 0 Å². The van der Waals surface area contributed by atoms with Gasteiger partial charge in [-0.3, -0.25) is 4.79 Å². The third kappa shape index (κ3) is 8.92. The molecule has 2 amide bonds. The molecule has 1 aromatic rings. The van der Waals surface area contributed by atoms with Crippen molar-refractivity contribution in [2.45, 2.75) is 59.2 Å². The summed E-state index contributed by atoms with van der Waals surface area (Å²) in [6, 6.07) is 7.55. The lowest BCUT2D eigenvalue weighted by Crippen LogP contribution is -2.53.